The first-order valence-electron chi connectivity index (χ1n) is 23.9. The summed E-state index contributed by atoms with van der Waals surface area (Å²) in [5.41, 5.74) is 16.6. The SMILES string of the molecule is C=Cc1c(/C=C\C)c2ccc(N(c3ccccc3)c3cc(Nc4ccccc4)cc(N(C4=C/N(C)/C=C\C=C/C(=C)C(=C)/C=C\4)c4ccccc4)c3)cc2n1C.C=Cc1c(/C=C\C)c2ccccc2n1C. The molecule has 0 fully saturated rings. The van der Waals surface area contributed by atoms with Crippen LogP contribution in [0.25, 0.3) is 46.1 Å². The van der Waals surface area contributed by atoms with Crippen LogP contribution in [0.4, 0.5) is 39.8 Å². The van der Waals surface area contributed by atoms with Gasteiger partial charge < -0.3 is 29.2 Å². The molecule has 6 heteroatoms. The number of hydrogen-bond acceptors (Lipinski definition) is 4. The molecule has 8 aromatic rings. The lowest BCUT2D eigenvalue weighted by molar-refractivity contribution is 0.619. The van der Waals surface area contributed by atoms with Crippen molar-refractivity contribution < 1.29 is 0 Å². The normalized spacial score (nSPS) is 14.9. The summed E-state index contributed by atoms with van der Waals surface area (Å²) in [6, 6.07) is 53.1. The quantitative estimate of drug-likeness (QED) is 0.132. The fourth-order valence-corrected chi connectivity index (χ4v) is 9.08. The zero-order chi connectivity index (χ0) is 49.9. The standard InChI is InChI=1S/C51H47N5.C14H15N/c1-7-20-48-49-31-30-44(36-51(49)54(6)50(48)8-2)55(42-24-14-10-15-25-42)46-33-41(52-40-22-12-9-13-23-40)34-47(35-46)56(43-26-16-11-17-27-43)45-29-28-39(4)38(3)21-18-19-32-53(5)37-45;1-4-8-11-12-9-6-7-10-14(12)15(3)13(11)5-2/h7-37,52H,2-4H2,1,5-6H3;4-10H,2H2,1,3H3/b20-7-,21-18-,29-28-,32-19-,45-37+;8-4-. The third-order valence-corrected chi connectivity index (χ3v) is 12.5. The molecule has 1 aliphatic heterocycles. The van der Waals surface area contributed by atoms with Gasteiger partial charge in [-0.2, -0.15) is 0 Å². The lowest BCUT2D eigenvalue weighted by Gasteiger charge is -2.31. The van der Waals surface area contributed by atoms with Crippen molar-refractivity contribution in [2.45, 2.75) is 13.8 Å². The molecule has 3 heterocycles. The van der Waals surface area contributed by atoms with Crippen molar-refractivity contribution in [3.63, 3.8) is 0 Å². The molecule has 0 aliphatic carbocycles. The Kier molecular flexibility index (Phi) is 15.3. The molecule has 1 aliphatic rings. The Morgan fingerprint density at radius 2 is 1.01 bits per heavy atom. The number of nitrogens with one attached hydrogen (secondary N) is 1. The van der Waals surface area contributed by atoms with E-state index in [2.05, 4.69) is 240 Å². The number of para-hydroxylation sites is 4. The lowest BCUT2D eigenvalue weighted by Crippen LogP contribution is -2.19. The molecule has 0 unspecified atom stereocenters. The van der Waals surface area contributed by atoms with E-state index in [1.807, 2.05) is 80.9 Å². The van der Waals surface area contributed by atoms with Gasteiger partial charge in [-0.05, 0) is 122 Å². The molecule has 0 saturated heterocycles. The van der Waals surface area contributed by atoms with Crippen molar-refractivity contribution in [1.82, 2.24) is 14.0 Å². The van der Waals surface area contributed by atoms with Crippen LogP contribution in [0.1, 0.15) is 36.4 Å². The van der Waals surface area contributed by atoms with E-state index in [-0.39, 0.29) is 0 Å². The number of hydrogen-bond donors (Lipinski definition) is 1. The molecule has 0 spiro atoms. The highest BCUT2D eigenvalue weighted by atomic mass is 15.2. The first-order chi connectivity index (χ1) is 34.6. The number of allylic oxidation sites excluding steroid dienone is 9. The maximum absolute atomic E-state index is 4.33. The number of anilines is 7. The van der Waals surface area contributed by atoms with Gasteiger partial charge in [0.1, 0.15) is 0 Å². The average Bonchev–Trinajstić information content (AvgIpc) is 3.81. The van der Waals surface area contributed by atoms with Gasteiger partial charge in [0.15, 0.2) is 0 Å². The van der Waals surface area contributed by atoms with Crippen LogP contribution in [0.15, 0.2) is 250 Å². The molecule has 0 saturated carbocycles. The Balaban J connectivity index is 0.000000383. The number of rotatable bonds is 12. The van der Waals surface area contributed by atoms with Crippen LogP contribution < -0.4 is 15.1 Å². The minimum Gasteiger partial charge on any atom is -0.355 e. The highest BCUT2D eigenvalue weighted by Gasteiger charge is 2.22. The molecule has 2 aromatic heterocycles. The fraction of sp³-hybridized carbons (Fsp3) is 0.0769. The predicted octanol–water partition coefficient (Wildman–Crippen LogP) is 17.6. The summed E-state index contributed by atoms with van der Waals surface area (Å²) >= 11 is 0. The first kappa shape index (κ1) is 48.5. The van der Waals surface area contributed by atoms with Crippen molar-refractivity contribution in [2.24, 2.45) is 14.1 Å². The topological polar surface area (TPSA) is 31.6 Å². The Morgan fingerprint density at radius 3 is 1.63 bits per heavy atom. The minimum atomic E-state index is 0.835. The maximum Gasteiger partial charge on any atom is 0.0623 e. The zero-order valence-electron chi connectivity index (χ0n) is 41.5. The molecule has 9 rings (SSSR count). The summed E-state index contributed by atoms with van der Waals surface area (Å²) in [4.78, 5) is 6.67. The molecule has 6 nitrogen and oxygen atoms in total. The van der Waals surface area contributed by atoms with Gasteiger partial charge in [-0.15, -0.1) is 0 Å². The number of fused-ring (bicyclic) bond motifs is 2. The second kappa shape index (κ2) is 22.4. The van der Waals surface area contributed by atoms with Crippen LogP contribution in [0.2, 0.25) is 0 Å². The van der Waals surface area contributed by atoms with Gasteiger partial charge in [-0.1, -0.05) is 148 Å². The molecular weight excluding hydrogens is 865 g/mol. The van der Waals surface area contributed by atoms with E-state index < -0.39 is 0 Å². The Labute approximate surface area is 420 Å². The second-order valence-corrected chi connectivity index (χ2v) is 17.2. The van der Waals surface area contributed by atoms with Gasteiger partial charge in [-0.3, -0.25) is 0 Å². The van der Waals surface area contributed by atoms with E-state index in [1.165, 1.54) is 27.5 Å². The van der Waals surface area contributed by atoms with Crippen LogP contribution >= 0.6 is 0 Å². The van der Waals surface area contributed by atoms with Gasteiger partial charge in [0.2, 0.25) is 0 Å². The third-order valence-electron chi connectivity index (χ3n) is 12.5. The maximum atomic E-state index is 4.33. The summed E-state index contributed by atoms with van der Waals surface area (Å²) < 4.78 is 4.40. The van der Waals surface area contributed by atoms with Gasteiger partial charge in [0.25, 0.3) is 0 Å². The highest BCUT2D eigenvalue weighted by molar-refractivity contribution is 5.97. The van der Waals surface area contributed by atoms with Crippen LogP contribution in [0.5, 0.6) is 0 Å². The molecule has 0 atom stereocenters. The summed E-state index contributed by atoms with van der Waals surface area (Å²) in [6.07, 6.45) is 26.6. The summed E-state index contributed by atoms with van der Waals surface area (Å²) in [7, 11) is 6.22. The largest absolute Gasteiger partial charge is 0.355 e. The monoisotopic (exact) mass is 927 g/mol. The number of aromatic nitrogens is 2. The van der Waals surface area contributed by atoms with Gasteiger partial charge in [0, 0.05) is 101 Å². The van der Waals surface area contributed by atoms with Crippen molar-refractivity contribution in [3.8, 4) is 0 Å². The molecule has 0 radical (unpaired) electrons. The Hall–Kier alpha value is -9.00. The summed E-state index contributed by atoms with van der Waals surface area (Å²) in [5, 5.41) is 6.19. The van der Waals surface area contributed by atoms with E-state index in [0.717, 1.165) is 73.4 Å². The highest BCUT2D eigenvalue weighted by Crippen LogP contribution is 2.43. The van der Waals surface area contributed by atoms with E-state index in [1.54, 1.807) is 0 Å². The summed E-state index contributed by atoms with van der Waals surface area (Å²) in [5.74, 6) is 0. The van der Waals surface area contributed by atoms with Gasteiger partial charge >= 0.3 is 0 Å². The molecule has 6 aromatic carbocycles. The summed E-state index contributed by atoms with van der Waals surface area (Å²) in [6.45, 7) is 20.7. The number of aryl methyl sites for hydroxylation is 2. The van der Waals surface area contributed by atoms with E-state index in [0.29, 0.717) is 0 Å². The molecule has 71 heavy (non-hydrogen) atoms. The average molecular weight is 927 g/mol. The van der Waals surface area contributed by atoms with E-state index >= 15 is 0 Å². The van der Waals surface area contributed by atoms with Crippen LogP contribution in [-0.2, 0) is 14.1 Å². The van der Waals surface area contributed by atoms with Crippen molar-refractivity contribution in [2.75, 3.05) is 22.2 Å². The number of nitrogens with zero attached hydrogens (tertiary/aromatic N) is 5. The van der Waals surface area contributed by atoms with E-state index in [9.17, 15) is 0 Å². The fourth-order valence-electron chi connectivity index (χ4n) is 9.08. The molecule has 0 bridgehead atoms. The van der Waals surface area contributed by atoms with Crippen LogP contribution in [0.3, 0.4) is 0 Å². The van der Waals surface area contributed by atoms with Crippen molar-refractivity contribution in [1.29, 1.82) is 0 Å². The van der Waals surface area contributed by atoms with Crippen molar-refractivity contribution in [3.05, 3.63) is 272 Å². The number of benzene rings is 6. The molecule has 0 amide bonds. The Bertz CT molecular complexity index is 3410. The molecular formula is C65H62N6. The van der Waals surface area contributed by atoms with Crippen molar-refractivity contribution >= 4 is 85.9 Å². The van der Waals surface area contributed by atoms with E-state index in [4.69, 9.17) is 0 Å². The smallest absolute Gasteiger partial charge is 0.0623 e. The second-order valence-electron chi connectivity index (χ2n) is 17.2. The van der Waals surface area contributed by atoms with Crippen LogP contribution in [-0.4, -0.2) is 21.1 Å². The Morgan fingerprint density at radius 1 is 0.479 bits per heavy atom. The third kappa shape index (κ3) is 10.7. The minimum absolute atomic E-state index is 0.835. The lowest BCUT2D eigenvalue weighted by atomic mass is 10.1. The van der Waals surface area contributed by atoms with Gasteiger partial charge in [-0.25, -0.2) is 0 Å². The van der Waals surface area contributed by atoms with Crippen LogP contribution in [0, 0.1) is 0 Å². The predicted molar refractivity (Wildman–Crippen MR) is 310 cm³/mol. The molecule has 1 N–H and O–H groups in total. The molecule has 352 valence electrons. The first-order valence-corrected chi connectivity index (χ1v) is 23.9. The zero-order valence-corrected chi connectivity index (χ0v) is 41.5. The van der Waals surface area contributed by atoms with Gasteiger partial charge in [0.05, 0.1) is 22.6 Å².